The Morgan fingerprint density at radius 2 is 1.18 bits per heavy atom. The van der Waals surface area contributed by atoms with Gasteiger partial charge in [0.15, 0.2) is 5.78 Å². The van der Waals surface area contributed by atoms with Crippen molar-refractivity contribution in [2.45, 2.75) is 0 Å². The molecule has 0 saturated carbocycles. The van der Waals surface area contributed by atoms with E-state index in [9.17, 15) is 4.79 Å². The third-order valence-corrected chi connectivity index (χ3v) is 8.70. The molecule has 5 rings (SSSR count). The van der Waals surface area contributed by atoms with Crippen molar-refractivity contribution in [2.24, 2.45) is 0 Å². The van der Waals surface area contributed by atoms with E-state index in [2.05, 4.69) is 103 Å². The van der Waals surface area contributed by atoms with E-state index in [0.717, 1.165) is 99.8 Å². The lowest BCUT2D eigenvalue weighted by Crippen LogP contribution is -2.46. The van der Waals surface area contributed by atoms with Gasteiger partial charge in [0.2, 0.25) is 0 Å². The van der Waals surface area contributed by atoms with E-state index in [1.165, 1.54) is 11.4 Å². The van der Waals surface area contributed by atoms with Crippen LogP contribution in [0.15, 0.2) is 46.9 Å². The first-order valence-electron chi connectivity index (χ1n) is 13.8. The monoisotopic (exact) mass is 580 g/mol. The van der Waals surface area contributed by atoms with Crippen molar-refractivity contribution in [3.05, 3.63) is 58.1 Å². The number of halogens is 1. The van der Waals surface area contributed by atoms with Crippen LogP contribution >= 0.6 is 15.9 Å². The van der Waals surface area contributed by atoms with Crippen LogP contribution < -0.4 is 14.7 Å². The summed E-state index contributed by atoms with van der Waals surface area (Å²) < 4.78 is 1.03. The number of allylic oxidation sites excluding steroid dienone is 1. The number of piperazine rings is 3. The summed E-state index contributed by atoms with van der Waals surface area (Å²) in [4.78, 5) is 28.1. The highest BCUT2D eigenvalue weighted by Crippen LogP contribution is 2.31. The molecule has 0 bridgehead atoms. The molecular formula is C30H41BrN6O. The van der Waals surface area contributed by atoms with Gasteiger partial charge in [-0.3, -0.25) is 4.79 Å². The maximum absolute atomic E-state index is 13.7. The maximum Gasteiger partial charge on any atom is 0.187 e. The predicted molar refractivity (Wildman–Crippen MR) is 163 cm³/mol. The number of nitrogens with zero attached hydrogens (tertiary/aromatic N) is 6. The second-order valence-electron chi connectivity index (χ2n) is 11.0. The zero-order valence-electron chi connectivity index (χ0n) is 23.1. The smallest absolute Gasteiger partial charge is 0.187 e. The lowest BCUT2D eigenvalue weighted by atomic mass is 10.0. The van der Waals surface area contributed by atoms with Crippen LogP contribution in [-0.2, 0) is 0 Å². The molecule has 204 valence electrons. The minimum absolute atomic E-state index is 0.0631. The van der Waals surface area contributed by atoms with Crippen LogP contribution in [0.2, 0.25) is 0 Å². The Hall–Kier alpha value is -2.39. The van der Waals surface area contributed by atoms with Gasteiger partial charge in [-0.2, -0.15) is 0 Å². The fraction of sp³-hybridized carbons (Fsp3) is 0.500. The quantitative estimate of drug-likeness (QED) is 0.381. The van der Waals surface area contributed by atoms with Crippen LogP contribution in [0.25, 0.3) is 6.08 Å². The summed E-state index contributed by atoms with van der Waals surface area (Å²) in [6.07, 6.45) is 3.77. The van der Waals surface area contributed by atoms with Crippen molar-refractivity contribution >= 4 is 44.9 Å². The van der Waals surface area contributed by atoms with Crippen LogP contribution in [0, 0.1) is 0 Å². The highest BCUT2D eigenvalue weighted by Gasteiger charge is 2.23. The van der Waals surface area contributed by atoms with E-state index in [0.29, 0.717) is 0 Å². The number of hydrogen-bond donors (Lipinski definition) is 0. The van der Waals surface area contributed by atoms with Crippen molar-refractivity contribution in [1.82, 2.24) is 14.7 Å². The first-order valence-corrected chi connectivity index (χ1v) is 14.6. The molecule has 0 atom stereocenters. The Balaban J connectivity index is 1.41. The molecule has 38 heavy (non-hydrogen) atoms. The summed E-state index contributed by atoms with van der Waals surface area (Å²) in [5, 5.41) is 0. The molecule has 0 N–H and O–H groups in total. The van der Waals surface area contributed by atoms with Gasteiger partial charge in [0.05, 0.1) is 5.69 Å². The molecule has 8 heteroatoms. The molecule has 2 aromatic rings. The summed E-state index contributed by atoms with van der Waals surface area (Å²) >= 11 is 3.64. The molecule has 3 aliphatic heterocycles. The van der Waals surface area contributed by atoms with E-state index in [1.807, 2.05) is 6.08 Å². The summed E-state index contributed by atoms with van der Waals surface area (Å²) in [5.41, 5.74) is 5.34. The van der Waals surface area contributed by atoms with E-state index < -0.39 is 0 Å². The summed E-state index contributed by atoms with van der Waals surface area (Å²) in [5.74, 6) is 0.0631. The van der Waals surface area contributed by atoms with E-state index in [1.54, 1.807) is 6.08 Å². The number of anilines is 3. The van der Waals surface area contributed by atoms with Gasteiger partial charge in [-0.1, -0.05) is 15.9 Å². The Labute approximate surface area is 236 Å². The third-order valence-electron chi connectivity index (χ3n) is 8.21. The SMILES string of the molecule is CN1CCN(c2ccc(C(=O)C=Cc3cc(Br)ccc3N3CCN(C)CC3)c(N3CCN(C)CC3)c2)CC1. The van der Waals surface area contributed by atoms with E-state index in [-0.39, 0.29) is 5.78 Å². The fourth-order valence-electron chi connectivity index (χ4n) is 5.55. The van der Waals surface area contributed by atoms with Gasteiger partial charge < -0.3 is 29.4 Å². The molecule has 0 aliphatic carbocycles. The average molecular weight is 582 g/mol. The largest absolute Gasteiger partial charge is 0.369 e. The molecular weight excluding hydrogens is 540 g/mol. The van der Waals surface area contributed by atoms with Crippen LogP contribution in [-0.4, -0.2) is 120 Å². The molecule has 3 saturated heterocycles. The standard InChI is InChI=1S/C30H41BrN6O/c1-32-10-16-35(17-11-32)26-6-7-27(29(23-26)37-20-14-34(3)15-21-37)30(38)9-4-24-22-25(31)5-8-28(24)36-18-12-33(2)13-19-36/h4-9,22-23H,10-21H2,1-3H3. The van der Waals surface area contributed by atoms with Gasteiger partial charge in [0.25, 0.3) is 0 Å². The van der Waals surface area contributed by atoms with Gasteiger partial charge in [0.1, 0.15) is 0 Å². The number of carbonyl (C=O) groups is 1. The van der Waals surface area contributed by atoms with E-state index >= 15 is 0 Å². The minimum atomic E-state index is 0.0631. The van der Waals surface area contributed by atoms with Gasteiger partial charge in [-0.15, -0.1) is 0 Å². The number of rotatable bonds is 6. The topological polar surface area (TPSA) is 36.5 Å². The number of carbonyl (C=O) groups excluding carboxylic acids is 1. The molecule has 0 spiro atoms. The summed E-state index contributed by atoms with van der Waals surface area (Å²) in [6.45, 7) is 12.1. The van der Waals surface area contributed by atoms with E-state index in [4.69, 9.17) is 0 Å². The molecule has 3 heterocycles. The van der Waals surface area contributed by atoms with Crippen LogP contribution in [0.1, 0.15) is 15.9 Å². The van der Waals surface area contributed by atoms with Crippen LogP contribution in [0.4, 0.5) is 17.1 Å². The predicted octanol–water partition coefficient (Wildman–Crippen LogP) is 3.60. The number of benzene rings is 2. The minimum Gasteiger partial charge on any atom is -0.369 e. The third kappa shape index (κ3) is 6.42. The van der Waals surface area contributed by atoms with Crippen molar-refractivity contribution < 1.29 is 4.79 Å². The highest BCUT2D eigenvalue weighted by atomic mass is 79.9. The Kier molecular flexibility index (Phi) is 8.73. The first kappa shape index (κ1) is 27.2. The van der Waals surface area contributed by atoms with Crippen molar-refractivity contribution in [1.29, 1.82) is 0 Å². The molecule has 0 aromatic heterocycles. The lowest BCUT2D eigenvalue weighted by molar-refractivity contribution is 0.104. The van der Waals surface area contributed by atoms with Gasteiger partial charge in [-0.05, 0) is 75.3 Å². The van der Waals surface area contributed by atoms with Gasteiger partial charge >= 0.3 is 0 Å². The molecule has 3 fully saturated rings. The number of ketones is 1. The van der Waals surface area contributed by atoms with Gasteiger partial charge in [0, 0.05) is 99.9 Å². The zero-order chi connectivity index (χ0) is 26.6. The zero-order valence-corrected chi connectivity index (χ0v) is 24.7. The molecule has 2 aromatic carbocycles. The second-order valence-corrected chi connectivity index (χ2v) is 11.9. The molecule has 0 radical (unpaired) electrons. The number of likely N-dealkylation sites (N-methyl/N-ethyl adjacent to an activating group) is 3. The van der Waals surface area contributed by atoms with Crippen molar-refractivity contribution in [2.75, 3.05) is 114 Å². The number of hydrogen-bond acceptors (Lipinski definition) is 7. The van der Waals surface area contributed by atoms with Crippen LogP contribution in [0.3, 0.4) is 0 Å². The van der Waals surface area contributed by atoms with Crippen molar-refractivity contribution in [3.63, 3.8) is 0 Å². The molecule has 7 nitrogen and oxygen atoms in total. The highest BCUT2D eigenvalue weighted by molar-refractivity contribution is 9.10. The van der Waals surface area contributed by atoms with Crippen LogP contribution in [0.5, 0.6) is 0 Å². The Morgan fingerprint density at radius 1 is 0.658 bits per heavy atom. The summed E-state index contributed by atoms with van der Waals surface area (Å²) in [7, 11) is 6.52. The second kappa shape index (κ2) is 12.2. The first-order chi connectivity index (χ1) is 18.4. The molecule has 3 aliphatic rings. The van der Waals surface area contributed by atoms with Crippen molar-refractivity contribution in [3.8, 4) is 0 Å². The average Bonchev–Trinajstić information content (AvgIpc) is 2.93. The Bertz CT molecular complexity index is 1150. The fourth-order valence-corrected chi connectivity index (χ4v) is 5.93. The lowest BCUT2D eigenvalue weighted by Gasteiger charge is -2.37. The van der Waals surface area contributed by atoms with Gasteiger partial charge in [-0.25, -0.2) is 0 Å². The Morgan fingerprint density at radius 3 is 1.76 bits per heavy atom. The maximum atomic E-state index is 13.7. The normalized spacial score (nSPS) is 20.5. The molecule has 0 amide bonds. The molecule has 0 unspecified atom stereocenters. The summed E-state index contributed by atoms with van der Waals surface area (Å²) in [6, 6.07) is 12.8.